The molecule has 0 radical (unpaired) electrons. The number of phenols is 1. The Hall–Kier alpha value is -3.15. The Morgan fingerprint density at radius 2 is 1.57 bits per heavy atom. The molecule has 0 aliphatic heterocycles. The first-order chi connectivity index (χ1) is 14.0. The summed E-state index contributed by atoms with van der Waals surface area (Å²) >= 11 is 0. The standard InChI is InChI=1S/C24H27NO5/c1-23(2)10-11-24(3,4)18-12-14(6-9-17(18)23)20(27)21(28)25-15-7-8-16(19(26)13-15)22(29)30-5/h6-9,12-13,26H,10-11H2,1-5H3,(H,25,28). The van der Waals surface area contributed by atoms with Gasteiger partial charge in [0.2, 0.25) is 0 Å². The van der Waals surface area contributed by atoms with Crippen LogP contribution in [0, 0.1) is 0 Å². The van der Waals surface area contributed by atoms with Crippen LogP contribution in [0.15, 0.2) is 36.4 Å². The Morgan fingerprint density at radius 1 is 0.933 bits per heavy atom. The lowest BCUT2D eigenvalue weighted by atomic mass is 9.63. The molecule has 3 rings (SSSR count). The number of amides is 1. The van der Waals surface area contributed by atoms with Gasteiger partial charge in [-0.1, -0.05) is 39.8 Å². The summed E-state index contributed by atoms with van der Waals surface area (Å²) in [4.78, 5) is 36.8. The van der Waals surface area contributed by atoms with Gasteiger partial charge in [-0.3, -0.25) is 9.59 Å². The van der Waals surface area contributed by atoms with E-state index in [4.69, 9.17) is 0 Å². The molecular weight excluding hydrogens is 382 g/mol. The summed E-state index contributed by atoms with van der Waals surface area (Å²) in [6.07, 6.45) is 2.06. The molecule has 0 aromatic heterocycles. The van der Waals surface area contributed by atoms with Crippen LogP contribution in [0.4, 0.5) is 5.69 Å². The summed E-state index contributed by atoms with van der Waals surface area (Å²) in [6, 6.07) is 9.43. The van der Waals surface area contributed by atoms with Crippen molar-refractivity contribution in [1.29, 1.82) is 0 Å². The molecule has 2 N–H and O–H groups in total. The van der Waals surface area contributed by atoms with Crippen LogP contribution >= 0.6 is 0 Å². The van der Waals surface area contributed by atoms with E-state index in [1.165, 1.54) is 30.9 Å². The summed E-state index contributed by atoms with van der Waals surface area (Å²) in [5, 5.41) is 12.4. The minimum absolute atomic E-state index is 0.0214. The van der Waals surface area contributed by atoms with Gasteiger partial charge in [-0.2, -0.15) is 0 Å². The maximum absolute atomic E-state index is 12.8. The topological polar surface area (TPSA) is 92.7 Å². The SMILES string of the molecule is COC(=O)c1ccc(NC(=O)C(=O)c2ccc3c(c2)C(C)(C)CCC3(C)C)cc1O. The Morgan fingerprint density at radius 3 is 2.17 bits per heavy atom. The molecule has 1 aliphatic rings. The van der Waals surface area contributed by atoms with Gasteiger partial charge in [0.15, 0.2) is 0 Å². The second kappa shape index (κ2) is 7.59. The van der Waals surface area contributed by atoms with Gasteiger partial charge >= 0.3 is 5.97 Å². The van der Waals surface area contributed by atoms with Crippen LogP contribution < -0.4 is 5.32 Å². The molecule has 0 saturated heterocycles. The van der Waals surface area contributed by atoms with Crippen molar-refractivity contribution in [3.05, 3.63) is 58.7 Å². The average molecular weight is 409 g/mol. The van der Waals surface area contributed by atoms with E-state index in [9.17, 15) is 19.5 Å². The van der Waals surface area contributed by atoms with E-state index in [0.29, 0.717) is 5.56 Å². The number of benzene rings is 2. The highest BCUT2D eigenvalue weighted by atomic mass is 16.5. The van der Waals surface area contributed by atoms with E-state index in [2.05, 4.69) is 37.7 Å². The van der Waals surface area contributed by atoms with E-state index >= 15 is 0 Å². The molecule has 0 unspecified atom stereocenters. The third-order valence-electron chi connectivity index (χ3n) is 5.98. The van der Waals surface area contributed by atoms with Gasteiger partial charge in [-0.15, -0.1) is 0 Å². The van der Waals surface area contributed by atoms with Crippen molar-refractivity contribution >= 4 is 23.3 Å². The molecule has 0 fully saturated rings. The Labute approximate surface area is 176 Å². The average Bonchev–Trinajstić information content (AvgIpc) is 2.70. The fraction of sp³-hybridized carbons (Fsp3) is 0.375. The van der Waals surface area contributed by atoms with Gasteiger partial charge in [0.05, 0.1) is 7.11 Å². The van der Waals surface area contributed by atoms with E-state index in [1.54, 1.807) is 6.07 Å². The van der Waals surface area contributed by atoms with E-state index in [-0.39, 0.29) is 27.8 Å². The molecule has 1 amide bonds. The lowest BCUT2D eigenvalue weighted by molar-refractivity contribution is -0.112. The number of anilines is 1. The second-order valence-electron chi connectivity index (χ2n) is 9.03. The van der Waals surface area contributed by atoms with Crippen molar-refractivity contribution in [2.24, 2.45) is 0 Å². The number of fused-ring (bicyclic) bond motifs is 1. The van der Waals surface area contributed by atoms with E-state index in [0.717, 1.165) is 18.4 Å². The minimum Gasteiger partial charge on any atom is -0.507 e. The van der Waals surface area contributed by atoms with Crippen LogP contribution in [-0.2, 0) is 20.4 Å². The molecule has 0 saturated carbocycles. The zero-order chi connectivity index (χ0) is 22.3. The van der Waals surface area contributed by atoms with E-state index in [1.807, 2.05) is 12.1 Å². The number of methoxy groups -OCH3 is 1. The Kier molecular flexibility index (Phi) is 5.46. The van der Waals surface area contributed by atoms with Crippen LogP contribution in [0.25, 0.3) is 0 Å². The van der Waals surface area contributed by atoms with Gasteiger partial charge in [0.1, 0.15) is 11.3 Å². The summed E-state index contributed by atoms with van der Waals surface area (Å²) in [6.45, 7) is 8.70. The molecular formula is C24H27NO5. The number of aromatic hydroxyl groups is 1. The molecule has 1 aliphatic carbocycles. The molecule has 0 bridgehead atoms. The predicted octanol–water partition coefficient (Wildman–Crippen LogP) is 4.35. The van der Waals surface area contributed by atoms with Crippen molar-refractivity contribution in [3.63, 3.8) is 0 Å². The van der Waals surface area contributed by atoms with Crippen molar-refractivity contribution in [2.75, 3.05) is 12.4 Å². The second-order valence-corrected chi connectivity index (χ2v) is 9.03. The van der Waals surface area contributed by atoms with Crippen molar-refractivity contribution in [2.45, 2.75) is 51.4 Å². The number of carbonyl (C=O) groups excluding carboxylic acids is 3. The Bertz CT molecular complexity index is 1040. The fourth-order valence-electron chi connectivity index (χ4n) is 3.94. The van der Waals surface area contributed by atoms with Crippen LogP contribution in [0.1, 0.15) is 72.4 Å². The number of ketones is 1. The zero-order valence-corrected chi connectivity index (χ0v) is 18.0. The summed E-state index contributed by atoms with van der Waals surface area (Å²) in [7, 11) is 1.21. The number of phenolic OH excluding ortho intramolecular Hbond substituents is 1. The van der Waals surface area contributed by atoms with E-state index < -0.39 is 17.7 Å². The largest absolute Gasteiger partial charge is 0.507 e. The van der Waals surface area contributed by atoms with Crippen LogP contribution in [-0.4, -0.2) is 29.9 Å². The first-order valence-corrected chi connectivity index (χ1v) is 9.88. The number of rotatable bonds is 4. The maximum atomic E-state index is 12.8. The number of Topliss-reactive ketones (excluding diaryl/α,β-unsaturated/α-hetero) is 1. The molecule has 0 atom stereocenters. The highest BCUT2D eigenvalue weighted by Gasteiger charge is 2.37. The lowest BCUT2D eigenvalue weighted by Gasteiger charge is -2.42. The van der Waals surface area contributed by atoms with Crippen molar-refractivity contribution < 1.29 is 24.2 Å². The maximum Gasteiger partial charge on any atom is 0.341 e. The summed E-state index contributed by atoms with van der Waals surface area (Å²) in [5.74, 6) is -2.51. The third-order valence-corrected chi connectivity index (χ3v) is 5.98. The summed E-state index contributed by atoms with van der Waals surface area (Å²) in [5.41, 5.74) is 2.75. The minimum atomic E-state index is -0.812. The first kappa shape index (κ1) is 21.6. The molecule has 6 nitrogen and oxygen atoms in total. The summed E-state index contributed by atoms with van der Waals surface area (Å²) < 4.78 is 4.57. The molecule has 2 aromatic rings. The number of ether oxygens (including phenoxy) is 1. The van der Waals surface area contributed by atoms with Gasteiger partial charge in [-0.05, 0) is 53.0 Å². The smallest absolute Gasteiger partial charge is 0.341 e. The molecule has 2 aromatic carbocycles. The molecule has 30 heavy (non-hydrogen) atoms. The monoisotopic (exact) mass is 409 g/mol. The normalized spacial score (nSPS) is 16.3. The lowest BCUT2D eigenvalue weighted by Crippen LogP contribution is -2.34. The molecule has 6 heteroatoms. The zero-order valence-electron chi connectivity index (χ0n) is 18.0. The van der Waals surface area contributed by atoms with Gasteiger partial charge in [0.25, 0.3) is 11.7 Å². The van der Waals surface area contributed by atoms with Crippen molar-refractivity contribution in [1.82, 2.24) is 0 Å². The number of hydrogen-bond acceptors (Lipinski definition) is 5. The van der Waals surface area contributed by atoms with Gasteiger partial charge in [-0.25, -0.2) is 4.79 Å². The Balaban J connectivity index is 1.85. The van der Waals surface area contributed by atoms with Crippen molar-refractivity contribution in [3.8, 4) is 5.75 Å². The number of esters is 1. The van der Waals surface area contributed by atoms with Gasteiger partial charge in [0, 0.05) is 17.3 Å². The number of carbonyl (C=O) groups is 3. The predicted molar refractivity (Wildman–Crippen MR) is 114 cm³/mol. The first-order valence-electron chi connectivity index (χ1n) is 9.88. The fourth-order valence-corrected chi connectivity index (χ4v) is 3.94. The number of nitrogens with one attached hydrogen (secondary N) is 1. The molecule has 0 heterocycles. The quantitative estimate of drug-likeness (QED) is 0.445. The van der Waals surface area contributed by atoms with Crippen LogP contribution in [0.5, 0.6) is 5.75 Å². The third kappa shape index (κ3) is 3.95. The highest BCUT2D eigenvalue weighted by molar-refractivity contribution is 6.46. The number of hydrogen-bond donors (Lipinski definition) is 2. The highest BCUT2D eigenvalue weighted by Crippen LogP contribution is 2.45. The van der Waals surface area contributed by atoms with Crippen LogP contribution in [0.3, 0.4) is 0 Å². The molecule has 0 spiro atoms. The van der Waals surface area contributed by atoms with Gasteiger partial charge < -0.3 is 15.2 Å². The van der Waals surface area contributed by atoms with Crippen LogP contribution in [0.2, 0.25) is 0 Å². The molecule has 158 valence electrons.